The smallest absolute Gasteiger partial charge is 0.222 e. The Labute approximate surface area is 92.2 Å². The van der Waals surface area contributed by atoms with E-state index >= 15 is 0 Å². The normalized spacial score (nSPS) is 24.3. The summed E-state index contributed by atoms with van der Waals surface area (Å²) in [6.45, 7) is 8.42. The van der Waals surface area contributed by atoms with Gasteiger partial charge >= 0.3 is 0 Å². The van der Waals surface area contributed by atoms with Crippen molar-refractivity contribution in [1.82, 2.24) is 10.2 Å². The van der Waals surface area contributed by atoms with E-state index in [0.29, 0.717) is 23.7 Å². The second kappa shape index (κ2) is 4.12. The largest absolute Gasteiger partial charge is 0.342 e. The van der Waals surface area contributed by atoms with Gasteiger partial charge in [0.2, 0.25) is 5.91 Å². The number of likely N-dealkylation sites (tertiary alicyclic amines) is 1. The van der Waals surface area contributed by atoms with Crippen LogP contribution in [0, 0.1) is 11.3 Å². The van der Waals surface area contributed by atoms with E-state index in [1.165, 1.54) is 12.8 Å². The monoisotopic (exact) mass is 210 g/mol. The second-order valence-corrected chi connectivity index (χ2v) is 5.62. The molecule has 86 valence electrons. The summed E-state index contributed by atoms with van der Waals surface area (Å²) in [4.78, 5) is 14.0. The zero-order valence-electron chi connectivity index (χ0n) is 9.88. The van der Waals surface area contributed by atoms with Crippen LogP contribution in [-0.2, 0) is 4.79 Å². The molecule has 2 heterocycles. The molecule has 2 aliphatic heterocycles. The Hall–Kier alpha value is -0.570. The topological polar surface area (TPSA) is 32.3 Å². The minimum absolute atomic E-state index is 0.357. The first kappa shape index (κ1) is 10.9. The molecule has 0 aliphatic carbocycles. The molecule has 0 aromatic heterocycles. The fraction of sp³-hybridized carbons (Fsp3) is 0.917. The molecule has 1 amide bonds. The van der Waals surface area contributed by atoms with Crippen LogP contribution in [-0.4, -0.2) is 37.0 Å². The number of hydrogen-bond acceptors (Lipinski definition) is 2. The summed E-state index contributed by atoms with van der Waals surface area (Å²) in [5.41, 5.74) is 0.435. The molecule has 2 fully saturated rings. The first-order valence-electron chi connectivity index (χ1n) is 6.10. The molecule has 3 nitrogen and oxygen atoms in total. The van der Waals surface area contributed by atoms with Gasteiger partial charge in [-0.15, -0.1) is 0 Å². The highest BCUT2D eigenvalue weighted by Gasteiger charge is 2.41. The number of carbonyl (C=O) groups is 1. The molecule has 1 spiro atoms. The summed E-state index contributed by atoms with van der Waals surface area (Å²) >= 11 is 0. The lowest BCUT2D eigenvalue weighted by Gasteiger charge is -2.49. The third kappa shape index (κ3) is 2.33. The molecule has 2 saturated heterocycles. The van der Waals surface area contributed by atoms with Crippen molar-refractivity contribution in [3.05, 3.63) is 0 Å². The molecule has 0 radical (unpaired) electrons. The highest BCUT2D eigenvalue weighted by atomic mass is 16.2. The molecule has 3 heteroatoms. The van der Waals surface area contributed by atoms with Crippen molar-refractivity contribution in [1.29, 1.82) is 0 Å². The number of amides is 1. The van der Waals surface area contributed by atoms with E-state index in [0.717, 1.165) is 26.2 Å². The first-order valence-corrected chi connectivity index (χ1v) is 6.10. The average Bonchev–Trinajstić information content (AvgIpc) is 2.14. The lowest BCUT2D eigenvalue weighted by Crippen LogP contribution is -2.61. The van der Waals surface area contributed by atoms with Crippen LogP contribution in [0.15, 0.2) is 0 Å². The summed E-state index contributed by atoms with van der Waals surface area (Å²) < 4.78 is 0. The third-order valence-electron chi connectivity index (χ3n) is 3.60. The number of hydrogen-bond donors (Lipinski definition) is 1. The number of rotatable bonds is 2. The van der Waals surface area contributed by atoms with Gasteiger partial charge in [0.25, 0.3) is 0 Å². The van der Waals surface area contributed by atoms with Crippen molar-refractivity contribution in [2.75, 3.05) is 26.2 Å². The zero-order valence-corrected chi connectivity index (χ0v) is 9.88. The Morgan fingerprint density at radius 2 is 2.20 bits per heavy atom. The molecule has 1 N–H and O–H groups in total. The minimum atomic E-state index is 0.357. The van der Waals surface area contributed by atoms with Crippen molar-refractivity contribution in [2.24, 2.45) is 11.3 Å². The van der Waals surface area contributed by atoms with Crippen LogP contribution in [0.4, 0.5) is 0 Å². The van der Waals surface area contributed by atoms with E-state index in [-0.39, 0.29) is 0 Å². The number of nitrogens with one attached hydrogen (secondary N) is 1. The van der Waals surface area contributed by atoms with Gasteiger partial charge in [0.15, 0.2) is 0 Å². The van der Waals surface area contributed by atoms with E-state index in [1.807, 2.05) is 0 Å². The van der Waals surface area contributed by atoms with E-state index in [2.05, 4.69) is 24.1 Å². The lowest BCUT2D eigenvalue weighted by atomic mass is 9.75. The van der Waals surface area contributed by atoms with Gasteiger partial charge in [-0.25, -0.2) is 0 Å². The summed E-state index contributed by atoms with van der Waals surface area (Å²) in [7, 11) is 0. The van der Waals surface area contributed by atoms with Gasteiger partial charge in [-0.3, -0.25) is 4.79 Å². The van der Waals surface area contributed by atoms with Gasteiger partial charge < -0.3 is 10.2 Å². The fourth-order valence-electron chi connectivity index (χ4n) is 2.67. The molecule has 15 heavy (non-hydrogen) atoms. The molecule has 2 rings (SSSR count). The predicted octanol–water partition coefficient (Wildman–Crippen LogP) is 1.24. The van der Waals surface area contributed by atoms with Crippen LogP contribution >= 0.6 is 0 Å². The molecular formula is C12H22N2O. The van der Waals surface area contributed by atoms with E-state index in [4.69, 9.17) is 0 Å². The Balaban J connectivity index is 1.89. The Kier molecular flexibility index (Phi) is 3.01. The standard InChI is InChI=1S/C12H22N2O/c1-10(2)6-11(15)14-5-3-4-12(9-14)7-13-8-12/h10,13H,3-9H2,1-2H3. The molecular weight excluding hydrogens is 188 g/mol. The third-order valence-corrected chi connectivity index (χ3v) is 3.60. The maximum absolute atomic E-state index is 11.9. The van der Waals surface area contributed by atoms with E-state index < -0.39 is 0 Å². The van der Waals surface area contributed by atoms with Gasteiger partial charge in [-0.1, -0.05) is 13.8 Å². The maximum Gasteiger partial charge on any atom is 0.222 e. The van der Waals surface area contributed by atoms with E-state index in [1.54, 1.807) is 0 Å². The van der Waals surface area contributed by atoms with Crippen LogP contribution in [0.25, 0.3) is 0 Å². The van der Waals surface area contributed by atoms with Gasteiger partial charge in [-0.05, 0) is 18.8 Å². The van der Waals surface area contributed by atoms with Gasteiger partial charge in [0.05, 0.1) is 0 Å². The van der Waals surface area contributed by atoms with Gasteiger partial charge in [-0.2, -0.15) is 0 Å². The first-order chi connectivity index (χ1) is 7.11. The van der Waals surface area contributed by atoms with Gasteiger partial charge in [0, 0.05) is 38.0 Å². The van der Waals surface area contributed by atoms with Crippen molar-refractivity contribution in [3.63, 3.8) is 0 Å². The van der Waals surface area contributed by atoms with Crippen LogP contribution in [0.2, 0.25) is 0 Å². The number of carbonyl (C=O) groups excluding carboxylic acids is 1. The fourth-order valence-corrected chi connectivity index (χ4v) is 2.67. The minimum Gasteiger partial charge on any atom is -0.342 e. The zero-order chi connectivity index (χ0) is 10.9. The SMILES string of the molecule is CC(C)CC(=O)N1CCCC2(CNC2)C1. The van der Waals surface area contributed by atoms with Crippen LogP contribution in [0.1, 0.15) is 33.1 Å². The van der Waals surface area contributed by atoms with E-state index in [9.17, 15) is 4.79 Å². The Morgan fingerprint density at radius 3 is 2.73 bits per heavy atom. The number of nitrogens with zero attached hydrogens (tertiary/aromatic N) is 1. The van der Waals surface area contributed by atoms with Crippen LogP contribution < -0.4 is 5.32 Å². The highest BCUT2D eigenvalue weighted by molar-refractivity contribution is 5.76. The maximum atomic E-state index is 11.9. The Bertz CT molecular complexity index is 246. The van der Waals surface area contributed by atoms with Crippen molar-refractivity contribution in [2.45, 2.75) is 33.1 Å². The Morgan fingerprint density at radius 1 is 1.47 bits per heavy atom. The molecule has 0 aromatic rings. The van der Waals surface area contributed by atoms with Crippen molar-refractivity contribution in [3.8, 4) is 0 Å². The molecule has 0 aromatic carbocycles. The van der Waals surface area contributed by atoms with Crippen molar-refractivity contribution < 1.29 is 4.79 Å². The lowest BCUT2D eigenvalue weighted by molar-refractivity contribution is -0.136. The second-order valence-electron chi connectivity index (χ2n) is 5.62. The predicted molar refractivity (Wildman–Crippen MR) is 60.6 cm³/mol. The van der Waals surface area contributed by atoms with Crippen LogP contribution in [0.5, 0.6) is 0 Å². The summed E-state index contributed by atoms with van der Waals surface area (Å²) in [6.07, 6.45) is 3.19. The highest BCUT2D eigenvalue weighted by Crippen LogP contribution is 2.33. The number of piperidine rings is 1. The van der Waals surface area contributed by atoms with Crippen molar-refractivity contribution >= 4 is 5.91 Å². The summed E-state index contributed by atoms with van der Waals surface area (Å²) in [6, 6.07) is 0. The average molecular weight is 210 g/mol. The molecule has 2 aliphatic rings. The van der Waals surface area contributed by atoms with Gasteiger partial charge in [0.1, 0.15) is 0 Å². The van der Waals surface area contributed by atoms with Crippen LogP contribution in [0.3, 0.4) is 0 Å². The molecule has 0 unspecified atom stereocenters. The summed E-state index contributed by atoms with van der Waals surface area (Å²) in [5.74, 6) is 0.839. The molecule has 0 atom stereocenters. The summed E-state index contributed by atoms with van der Waals surface area (Å²) in [5, 5.41) is 3.33. The quantitative estimate of drug-likeness (QED) is 0.744. The molecule has 0 bridgehead atoms. The molecule has 0 saturated carbocycles.